The highest BCUT2D eigenvalue weighted by molar-refractivity contribution is 5.42. The second-order valence-corrected chi connectivity index (χ2v) is 8.27. The number of hydrogen-bond acceptors (Lipinski definition) is 3. The maximum atomic E-state index is 6.21. The summed E-state index contributed by atoms with van der Waals surface area (Å²) in [6.45, 7) is 10.7. The zero-order valence-corrected chi connectivity index (χ0v) is 19.0. The minimum atomic E-state index is 0.0221. The molecule has 2 rings (SSSR count). The maximum Gasteiger partial charge on any atom is 0.125 e. The van der Waals surface area contributed by atoms with Crippen molar-refractivity contribution in [2.75, 3.05) is 13.2 Å². The van der Waals surface area contributed by atoms with Gasteiger partial charge >= 0.3 is 0 Å². The van der Waals surface area contributed by atoms with Gasteiger partial charge in [-0.3, -0.25) is 0 Å². The Morgan fingerprint density at radius 1 is 0.931 bits per heavy atom. The van der Waals surface area contributed by atoms with Gasteiger partial charge in [0.25, 0.3) is 0 Å². The van der Waals surface area contributed by atoms with Gasteiger partial charge in [-0.15, -0.1) is 0 Å². The van der Waals surface area contributed by atoms with Crippen molar-refractivity contribution in [1.82, 2.24) is 9.55 Å². The van der Waals surface area contributed by atoms with Crippen LogP contribution in [0.3, 0.4) is 0 Å². The van der Waals surface area contributed by atoms with Crippen molar-refractivity contribution < 1.29 is 9.47 Å². The molecule has 1 unspecified atom stereocenters. The molecule has 0 saturated heterocycles. The van der Waals surface area contributed by atoms with Crippen LogP contribution in [-0.4, -0.2) is 28.9 Å². The molecule has 2 aromatic rings. The van der Waals surface area contributed by atoms with E-state index in [4.69, 9.17) is 9.47 Å². The lowest BCUT2D eigenvalue weighted by molar-refractivity contribution is 0.00779. The largest absolute Gasteiger partial charge is 0.490 e. The molecule has 0 aliphatic rings. The Morgan fingerprint density at radius 2 is 1.59 bits per heavy atom. The lowest BCUT2D eigenvalue weighted by atomic mass is 10.1. The third kappa shape index (κ3) is 9.03. The van der Waals surface area contributed by atoms with E-state index in [1.807, 2.05) is 18.7 Å². The molecule has 0 radical (unpaired) electrons. The fraction of sp³-hybridized carbons (Fsp3) is 0.640. The smallest absolute Gasteiger partial charge is 0.125 e. The number of hydrogen-bond donors (Lipinski definition) is 0. The Hall–Kier alpha value is -1.81. The zero-order chi connectivity index (χ0) is 20.9. The van der Waals surface area contributed by atoms with E-state index in [2.05, 4.69) is 49.4 Å². The van der Waals surface area contributed by atoms with E-state index in [1.54, 1.807) is 0 Å². The predicted octanol–water partition coefficient (Wildman–Crippen LogP) is 6.41. The number of aromatic nitrogens is 2. The molecule has 0 amide bonds. The Kier molecular flexibility index (Phi) is 10.9. The minimum Gasteiger partial charge on any atom is -0.490 e. The summed E-state index contributed by atoms with van der Waals surface area (Å²) in [6, 6.07) is 4.35. The fourth-order valence-electron chi connectivity index (χ4n) is 3.84. The molecule has 0 aliphatic heterocycles. The van der Waals surface area contributed by atoms with Gasteiger partial charge in [0.2, 0.25) is 0 Å². The molecule has 1 aromatic heterocycles. The van der Waals surface area contributed by atoms with Crippen molar-refractivity contribution in [3.8, 4) is 5.75 Å². The van der Waals surface area contributed by atoms with Crippen LogP contribution < -0.4 is 4.74 Å². The van der Waals surface area contributed by atoms with Crippen LogP contribution in [0.25, 0.3) is 0 Å². The molecule has 0 saturated carbocycles. The van der Waals surface area contributed by atoms with Gasteiger partial charge in [0.15, 0.2) is 0 Å². The number of aryl methyl sites for hydroxylation is 3. The van der Waals surface area contributed by atoms with Crippen LogP contribution in [0.5, 0.6) is 5.75 Å². The van der Waals surface area contributed by atoms with Gasteiger partial charge in [-0.1, -0.05) is 69.6 Å². The summed E-state index contributed by atoms with van der Waals surface area (Å²) in [5.74, 6) is 0.988. The summed E-state index contributed by atoms with van der Waals surface area (Å²) in [5, 5.41) is 0. The van der Waals surface area contributed by atoms with E-state index in [0.717, 1.165) is 25.3 Å². The summed E-state index contributed by atoms with van der Waals surface area (Å²) in [7, 11) is 0. The molecule has 0 bridgehead atoms. The number of imidazole rings is 1. The van der Waals surface area contributed by atoms with Gasteiger partial charge < -0.3 is 14.0 Å². The molecule has 162 valence electrons. The van der Waals surface area contributed by atoms with Crippen LogP contribution in [0.15, 0.2) is 30.9 Å². The van der Waals surface area contributed by atoms with Gasteiger partial charge in [0.1, 0.15) is 18.5 Å². The molecule has 4 heteroatoms. The number of rotatable bonds is 15. The molecular weight excluding hydrogens is 360 g/mol. The molecule has 0 fully saturated rings. The molecule has 0 aliphatic carbocycles. The Bertz CT molecular complexity index is 659. The van der Waals surface area contributed by atoms with Gasteiger partial charge in [-0.2, -0.15) is 0 Å². The average molecular weight is 401 g/mol. The minimum absolute atomic E-state index is 0.0221. The molecule has 1 heterocycles. The molecule has 1 aromatic carbocycles. The van der Waals surface area contributed by atoms with E-state index in [0.29, 0.717) is 6.61 Å². The van der Waals surface area contributed by atoms with Crippen LogP contribution in [0.2, 0.25) is 0 Å². The van der Waals surface area contributed by atoms with E-state index in [-0.39, 0.29) is 6.10 Å². The first-order valence-corrected chi connectivity index (χ1v) is 11.4. The fourth-order valence-corrected chi connectivity index (χ4v) is 3.84. The van der Waals surface area contributed by atoms with E-state index in [1.165, 1.54) is 61.6 Å². The van der Waals surface area contributed by atoms with E-state index < -0.39 is 0 Å². The first-order valence-electron chi connectivity index (χ1n) is 11.4. The normalized spacial score (nSPS) is 12.3. The van der Waals surface area contributed by atoms with Crippen molar-refractivity contribution in [2.45, 2.75) is 91.7 Å². The van der Waals surface area contributed by atoms with E-state index >= 15 is 0 Å². The van der Waals surface area contributed by atoms with Gasteiger partial charge in [0, 0.05) is 19.0 Å². The second kappa shape index (κ2) is 13.4. The Labute approximate surface area is 177 Å². The Morgan fingerprint density at radius 3 is 2.21 bits per heavy atom. The van der Waals surface area contributed by atoms with Crippen LogP contribution in [0, 0.1) is 20.8 Å². The maximum absolute atomic E-state index is 6.21. The highest BCUT2D eigenvalue weighted by Crippen LogP contribution is 2.25. The average Bonchev–Trinajstić information content (AvgIpc) is 3.18. The summed E-state index contributed by atoms with van der Waals surface area (Å²) in [5.41, 5.74) is 3.65. The molecule has 4 nitrogen and oxygen atoms in total. The first kappa shape index (κ1) is 23.5. The molecule has 29 heavy (non-hydrogen) atoms. The highest BCUT2D eigenvalue weighted by Gasteiger charge is 2.13. The zero-order valence-electron chi connectivity index (χ0n) is 19.0. The molecule has 0 spiro atoms. The van der Waals surface area contributed by atoms with Crippen molar-refractivity contribution >= 4 is 0 Å². The second-order valence-electron chi connectivity index (χ2n) is 8.27. The van der Waals surface area contributed by atoms with Crippen LogP contribution in [0.4, 0.5) is 0 Å². The molecule has 1 atom stereocenters. The quantitative estimate of drug-likeness (QED) is 0.324. The standard InChI is InChI=1S/C25H40N2O2/c1-5-6-7-8-9-10-11-12-15-28-24(18-27-14-13-26-20-27)19-29-25-22(3)16-21(2)17-23(25)4/h13-14,16-17,20,24H,5-12,15,18-19H2,1-4H3. The topological polar surface area (TPSA) is 36.3 Å². The Balaban J connectivity index is 1.77. The van der Waals surface area contributed by atoms with Crippen molar-refractivity contribution in [3.05, 3.63) is 47.5 Å². The first-order chi connectivity index (χ1) is 14.1. The number of benzene rings is 1. The lowest BCUT2D eigenvalue weighted by Crippen LogP contribution is -2.27. The monoisotopic (exact) mass is 400 g/mol. The SMILES string of the molecule is CCCCCCCCCCOC(COc1c(C)cc(C)cc1C)Cn1ccnc1. The van der Waals surface area contributed by atoms with Crippen LogP contribution in [0.1, 0.15) is 75.0 Å². The summed E-state index contributed by atoms with van der Waals surface area (Å²) in [4.78, 5) is 4.15. The van der Waals surface area contributed by atoms with Crippen LogP contribution in [-0.2, 0) is 11.3 Å². The van der Waals surface area contributed by atoms with E-state index in [9.17, 15) is 0 Å². The number of unbranched alkanes of at least 4 members (excludes halogenated alkanes) is 7. The van der Waals surface area contributed by atoms with Gasteiger partial charge in [0.05, 0.1) is 12.9 Å². The number of nitrogens with zero attached hydrogens (tertiary/aromatic N) is 2. The molecular formula is C25H40N2O2. The third-order valence-electron chi connectivity index (χ3n) is 5.34. The third-order valence-corrected chi connectivity index (χ3v) is 5.34. The van der Waals surface area contributed by atoms with Gasteiger partial charge in [-0.05, 0) is 38.3 Å². The summed E-state index contributed by atoms with van der Waals surface area (Å²) >= 11 is 0. The van der Waals surface area contributed by atoms with Crippen LogP contribution >= 0.6 is 0 Å². The van der Waals surface area contributed by atoms with Crippen molar-refractivity contribution in [2.24, 2.45) is 0 Å². The predicted molar refractivity (Wildman–Crippen MR) is 121 cm³/mol. The van der Waals surface area contributed by atoms with Gasteiger partial charge in [-0.25, -0.2) is 4.98 Å². The van der Waals surface area contributed by atoms with Crippen molar-refractivity contribution in [3.63, 3.8) is 0 Å². The van der Waals surface area contributed by atoms with Crippen molar-refractivity contribution in [1.29, 1.82) is 0 Å². The highest BCUT2D eigenvalue weighted by atomic mass is 16.5. The summed E-state index contributed by atoms with van der Waals surface area (Å²) in [6.07, 6.45) is 16.1. The number of ether oxygens (including phenoxy) is 2. The lowest BCUT2D eigenvalue weighted by Gasteiger charge is -2.21. The summed E-state index contributed by atoms with van der Waals surface area (Å²) < 4.78 is 14.5. The molecule has 0 N–H and O–H groups in total.